The van der Waals surface area contributed by atoms with Gasteiger partial charge in [0.1, 0.15) is 12.0 Å². The second-order valence-electron chi connectivity index (χ2n) is 4.39. The average molecular weight is 289 g/mol. The van der Waals surface area contributed by atoms with Gasteiger partial charge in [-0.1, -0.05) is 6.07 Å². The molecule has 2 aromatic rings. The van der Waals surface area contributed by atoms with Crippen molar-refractivity contribution < 1.29 is 9.47 Å². The van der Waals surface area contributed by atoms with Crippen LogP contribution in [0.15, 0.2) is 24.5 Å². The summed E-state index contributed by atoms with van der Waals surface area (Å²) in [5.74, 6) is 2.24. The highest BCUT2D eigenvalue weighted by Crippen LogP contribution is 2.27. The molecule has 0 atom stereocenters. The van der Waals surface area contributed by atoms with Crippen LogP contribution in [-0.2, 0) is 6.42 Å². The number of ether oxygens (including phenoxy) is 2. The van der Waals surface area contributed by atoms with E-state index in [0.29, 0.717) is 29.5 Å². The fourth-order valence-electron chi connectivity index (χ4n) is 1.91. The van der Waals surface area contributed by atoms with E-state index in [1.165, 1.54) is 6.33 Å². The second-order valence-corrected chi connectivity index (χ2v) is 4.39. The standard InChI is InChI=1S/C14H19N5O2/c1-20-10-4-3-9(7-11(10)21-2)5-6-17-14-12(15)13(16)18-8-19-14/h3-4,7-8H,5-6,15H2,1-2H3,(H3,16,17,18,19). The van der Waals surface area contributed by atoms with Crippen LogP contribution in [0.25, 0.3) is 0 Å². The van der Waals surface area contributed by atoms with Crippen LogP contribution in [0.4, 0.5) is 17.3 Å². The van der Waals surface area contributed by atoms with E-state index >= 15 is 0 Å². The predicted molar refractivity (Wildman–Crippen MR) is 82.6 cm³/mol. The number of hydrogen-bond donors (Lipinski definition) is 3. The van der Waals surface area contributed by atoms with Crippen molar-refractivity contribution in [1.29, 1.82) is 0 Å². The van der Waals surface area contributed by atoms with Gasteiger partial charge in [-0.05, 0) is 24.1 Å². The van der Waals surface area contributed by atoms with E-state index in [-0.39, 0.29) is 5.82 Å². The van der Waals surface area contributed by atoms with Gasteiger partial charge in [0.2, 0.25) is 0 Å². The van der Waals surface area contributed by atoms with Crippen LogP contribution in [-0.4, -0.2) is 30.7 Å². The van der Waals surface area contributed by atoms with Gasteiger partial charge in [-0.15, -0.1) is 0 Å². The molecule has 0 amide bonds. The zero-order valence-electron chi connectivity index (χ0n) is 12.1. The third kappa shape index (κ3) is 3.44. The molecule has 1 aromatic carbocycles. The Balaban J connectivity index is 1.99. The average Bonchev–Trinajstić information content (AvgIpc) is 2.51. The summed E-state index contributed by atoms with van der Waals surface area (Å²) in [6, 6.07) is 5.81. The lowest BCUT2D eigenvalue weighted by molar-refractivity contribution is 0.354. The Morgan fingerprint density at radius 3 is 2.57 bits per heavy atom. The van der Waals surface area contributed by atoms with Gasteiger partial charge in [-0.2, -0.15) is 0 Å². The molecule has 0 unspecified atom stereocenters. The molecule has 0 aliphatic heterocycles. The Bertz CT molecular complexity index is 618. The van der Waals surface area contributed by atoms with Gasteiger partial charge in [-0.3, -0.25) is 0 Å². The Morgan fingerprint density at radius 1 is 1.10 bits per heavy atom. The number of nitrogens with one attached hydrogen (secondary N) is 1. The molecular weight excluding hydrogens is 270 g/mol. The number of benzene rings is 1. The first-order chi connectivity index (χ1) is 10.2. The molecule has 1 heterocycles. The van der Waals surface area contributed by atoms with Gasteiger partial charge in [0.05, 0.1) is 14.2 Å². The second kappa shape index (κ2) is 6.65. The van der Waals surface area contributed by atoms with Crippen LogP contribution in [0, 0.1) is 0 Å². The van der Waals surface area contributed by atoms with Crippen LogP contribution >= 0.6 is 0 Å². The zero-order valence-corrected chi connectivity index (χ0v) is 12.1. The normalized spacial score (nSPS) is 10.2. The predicted octanol–water partition coefficient (Wildman–Crippen LogP) is 1.31. The van der Waals surface area contributed by atoms with Crippen LogP contribution in [0.1, 0.15) is 5.56 Å². The zero-order chi connectivity index (χ0) is 15.2. The Kier molecular flexibility index (Phi) is 4.65. The van der Waals surface area contributed by atoms with Gasteiger partial charge >= 0.3 is 0 Å². The summed E-state index contributed by atoms with van der Waals surface area (Å²) in [5.41, 5.74) is 12.9. The lowest BCUT2D eigenvalue weighted by atomic mass is 10.1. The monoisotopic (exact) mass is 289 g/mol. The molecule has 112 valence electrons. The summed E-state index contributed by atoms with van der Waals surface area (Å²) in [5, 5.41) is 3.14. The molecule has 0 spiro atoms. The summed E-state index contributed by atoms with van der Waals surface area (Å²) < 4.78 is 10.5. The molecule has 0 fully saturated rings. The number of nitrogens with zero attached hydrogens (tertiary/aromatic N) is 2. The Morgan fingerprint density at radius 2 is 1.86 bits per heavy atom. The van der Waals surface area contributed by atoms with Crippen molar-refractivity contribution in [2.45, 2.75) is 6.42 Å². The maximum atomic E-state index is 5.80. The molecule has 1 aromatic heterocycles. The van der Waals surface area contributed by atoms with Gasteiger partial charge < -0.3 is 26.3 Å². The van der Waals surface area contributed by atoms with Crippen LogP contribution in [0.2, 0.25) is 0 Å². The highest BCUT2D eigenvalue weighted by atomic mass is 16.5. The molecule has 0 saturated heterocycles. The van der Waals surface area contributed by atoms with Crippen molar-refractivity contribution >= 4 is 17.3 Å². The Hall–Kier alpha value is -2.70. The molecule has 0 radical (unpaired) electrons. The fraction of sp³-hybridized carbons (Fsp3) is 0.286. The van der Waals surface area contributed by atoms with Crippen molar-refractivity contribution in [3.63, 3.8) is 0 Å². The number of hydrogen-bond acceptors (Lipinski definition) is 7. The lowest BCUT2D eigenvalue weighted by Crippen LogP contribution is -2.10. The van der Waals surface area contributed by atoms with Gasteiger partial charge in [-0.25, -0.2) is 9.97 Å². The molecule has 0 saturated carbocycles. The van der Waals surface area contributed by atoms with Crippen molar-refractivity contribution in [2.75, 3.05) is 37.5 Å². The van der Waals surface area contributed by atoms with Gasteiger partial charge in [0.15, 0.2) is 23.1 Å². The molecule has 0 aliphatic carbocycles. The highest BCUT2D eigenvalue weighted by molar-refractivity contribution is 5.72. The fourth-order valence-corrected chi connectivity index (χ4v) is 1.91. The molecule has 7 heteroatoms. The van der Waals surface area contributed by atoms with Crippen molar-refractivity contribution in [3.05, 3.63) is 30.1 Å². The minimum atomic E-state index is 0.276. The third-order valence-electron chi connectivity index (χ3n) is 3.07. The number of nitrogens with two attached hydrogens (primary N) is 2. The van der Waals surface area contributed by atoms with Gasteiger partial charge in [0.25, 0.3) is 0 Å². The quantitative estimate of drug-likeness (QED) is 0.735. The van der Waals surface area contributed by atoms with Crippen molar-refractivity contribution in [3.8, 4) is 11.5 Å². The van der Waals surface area contributed by atoms with E-state index in [9.17, 15) is 0 Å². The van der Waals surface area contributed by atoms with E-state index in [2.05, 4.69) is 15.3 Å². The molecule has 0 aliphatic rings. The topological polar surface area (TPSA) is 108 Å². The minimum Gasteiger partial charge on any atom is -0.493 e. The molecule has 21 heavy (non-hydrogen) atoms. The van der Waals surface area contributed by atoms with Crippen molar-refractivity contribution in [2.24, 2.45) is 0 Å². The first-order valence-electron chi connectivity index (χ1n) is 6.46. The molecule has 7 nitrogen and oxygen atoms in total. The summed E-state index contributed by atoms with van der Waals surface area (Å²) in [4.78, 5) is 7.88. The number of rotatable bonds is 6. The van der Waals surface area contributed by atoms with E-state index in [1.807, 2.05) is 18.2 Å². The maximum absolute atomic E-state index is 5.80. The van der Waals surface area contributed by atoms with Crippen LogP contribution in [0.3, 0.4) is 0 Å². The maximum Gasteiger partial charge on any atom is 0.160 e. The van der Waals surface area contributed by atoms with E-state index in [4.69, 9.17) is 20.9 Å². The summed E-state index contributed by atoms with van der Waals surface area (Å²) in [7, 11) is 3.23. The smallest absolute Gasteiger partial charge is 0.160 e. The van der Waals surface area contributed by atoms with Gasteiger partial charge in [0, 0.05) is 6.54 Å². The molecule has 2 rings (SSSR count). The summed E-state index contributed by atoms with van der Waals surface area (Å²) >= 11 is 0. The first-order valence-corrected chi connectivity index (χ1v) is 6.46. The molecule has 0 bridgehead atoms. The largest absolute Gasteiger partial charge is 0.493 e. The first kappa shape index (κ1) is 14.7. The van der Waals surface area contributed by atoms with E-state index < -0.39 is 0 Å². The molecular formula is C14H19N5O2. The van der Waals surface area contributed by atoms with E-state index in [1.54, 1.807) is 14.2 Å². The van der Waals surface area contributed by atoms with Crippen LogP contribution in [0.5, 0.6) is 11.5 Å². The number of nitrogen functional groups attached to an aromatic ring is 2. The lowest BCUT2D eigenvalue weighted by Gasteiger charge is -2.11. The minimum absolute atomic E-state index is 0.276. The SMILES string of the molecule is COc1ccc(CCNc2ncnc(N)c2N)cc1OC. The van der Waals surface area contributed by atoms with Crippen molar-refractivity contribution in [1.82, 2.24) is 9.97 Å². The van der Waals surface area contributed by atoms with Crippen LogP contribution < -0.4 is 26.3 Å². The third-order valence-corrected chi connectivity index (χ3v) is 3.07. The summed E-state index contributed by atoms with van der Waals surface area (Å²) in [6.07, 6.45) is 2.16. The number of methoxy groups -OCH3 is 2. The molecule has 5 N–H and O–H groups in total. The summed E-state index contributed by atoms with van der Waals surface area (Å²) in [6.45, 7) is 0.663. The Labute approximate surface area is 123 Å². The van der Waals surface area contributed by atoms with E-state index in [0.717, 1.165) is 12.0 Å². The number of aromatic nitrogens is 2. The number of anilines is 3. The highest BCUT2D eigenvalue weighted by Gasteiger charge is 2.06.